The molecule has 0 aliphatic carbocycles. The summed E-state index contributed by atoms with van der Waals surface area (Å²) in [4.78, 5) is 40.1. The zero-order chi connectivity index (χ0) is 23.7. The van der Waals surface area contributed by atoms with E-state index in [1.807, 2.05) is 36.4 Å². The monoisotopic (exact) mass is 457 g/mol. The van der Waals surface area contributed by atoms with Crippen LogP contribution in [0.25, 0.3) is 10.9 Å². The smallest absolute Gasteiger partial charge is 0.331 e. The molecule has 1 aliphatic heterocycles. The van der Waals surface area contributed by atoms with Gasteiger partial charge in [-0.1, -0.05) is 48.5 Å². The van der Waals surface area contributed by atoms with Crippen LogP contribution in [0.4, 0.5) is 0 Å². The Bertz CT molecular complexity index is 1490. The molecule has 1 amide bonds. The highest BCUT2D eigenvalue weighted by atomic mass is 16.7. The third kappa shape index (κ3) is 3.94. The van der Waals surface area contributed by atoms with E-state index in [9.17, 15) is 14.4 Å². The summed E-state index contributed by atoms with van der Waals surface area (Å²) in [5, 5.41) is 3.27. The molecule has 172 valence electrons. The zero-order valence-electron chi connectivity index (χ0n) is 18.6. The number of ether oxygens (including phenoxy) is 2. The van der Waals surface area contributed by atoms with Crippen LogP contribution in [0.2, 0.25) is 0 Å². The van der Waals surface area contributed by atoms with E-state index in [0.29, 0.717) is 22.4 Å². The first-order valence-corrected chi connectivity index (χ1v) is 10.9. The summed E-state index contributed by atoms with van der Waals surface area (Å²) in [5.41, 5.74) is 1.15. The molecular formula is C26H23N3O5. The molecule has 4 aromatic rings. The second kappa shape index (κ2) is 8.90. The first kappa shape index (κ1) is 21.5. The molecule has 1 aliphatic rings. The molecule has 0 saturated carbocycles. The molecule has 1 atom stereocenters. The van der Waals surface area contributed by atoms with Crippen molar-refractivity contribution in [3.05, 3.63) is 105 Å². The molecule has 2 heterocycles. The number of hydrogen-bond donors (Lipinski definition) is 1. The van der Waals surface area contributed by atoms with Gasteiger partial charge in [-0.2, -0.15) is 0 Å². The van der Waals surface area contributed by atoms with Crippen LogP contribution in [-0.4, -0.2) is 21.8 Å². The molecule has 0 saturated heterocycles. The molecule has 5 rings (SSSR count). The van der Waals surface area contributed by atoms with Crippen LogP contribution in [0.15, 0.2) is 82.4 Å². The molecule has 0 radical (unpaired) electrons. The maximum Gasteiger partial charge on any atom is 0.331 e. The van der Waals surface area contributed by atoms with Gasteiger partial charge in [-0.3, -0.25) is 14.2 Å². The molecule has 0 bridgehead atoms. The van der Waals surface area contributed by atoms with E-state index >= 15 is 0 Å². The second-order valence-corrected chi connectivity index (χ2v) is 8.14. The molecule has 1 unspecified atom stereocenters. The van der Waals surface area contributed by atoms with E-state index in [2.05, 4.69) is 5.32 Å². The van der Waals surface area contributed by atoms with Gasteiger partial charge in [0.2, 0.25) is 12.7 Å². The first-order valence-electron chi connectivity index (χ1n) is 10.9. The number of rotatable bonds is 6. The lowest BCUT2D eigenvalue weighted by atomic mass is 10.0. The van der Waals surface area contributed by atoms with Gasteiger partial charge in [0.1, 0.15) is 6.04 Å². The van der Waals surface area contributed by atoms with E-state index in [-0.39, 0.29) is 19.8 Å². The number of fused-ring (bicyclic) bond motifs is 2. The highest BCUT2D eigenvalue weighted by molar-refractivity contribution is 5.82. The van der Waals surface area contributed by atoms with Gasteiger partial charge in [0.25, 0.3) is 5.56 Å². The quantitative estimate of drug-likeness (QED) is 0.481. The van der Waals surface area contributed by atoms with Crippen molar-refractivity contribution in [2.75, 3.05) is 6.79 Å². The maximum absolute atomic E-state index is 13.4. The lowest BCUT2D eigenvalue weighted by molar-refractivity contribution is -0.124. The summed E-state index contributed by atoms with van der Waals surface area (Å²) in [6.45, 7) is 0.377. The number of aryl methyl sites for hydroxylation is 1. The first-order chi connectivity index (χ1) is 16.5. The van der Waals surface area contributed by atoms with Gasteiger partial charge < -0.3 is 14.8 Å². The van der Waals surface area contributed by atoms with Gasteiger partial charge in [-0.25, -0.2) is 9.36 Å². The Morgan fingerprint density at radius 3 is 2.50 bits per heavy atom. The number of amides is 1. The molecule has 1 N–H and O–H groups in total. The van der Waals surface area contributed by atoms with Crippen LogP contribution in [-0.2, 0) is 24.8 Å². The molecule has 34 heavy (non-hydrogen) atoms. The Labute approximate surface area is 195 Å². The number of carbonyl (C=O) groups excluding carboxylic acids is 1. The van der Waals surface area contributed by atoms with Crippen LogP contribution in [0.1, 0.15) is 17.2 Å². The van der Waals surface area contributed by atoms with Crippen molar-refractivity contribution in [1.82, 2.24) is 14.5 Å². The average Bonchev–Trinajstić information content (AvgIpc) is 3.34. The summed E-state index contributed by atoms with van der Waals surface area (Å²) in [6, 6.07) is 20.6. The number of nitrogens with zero attached hydrogens (tertiary/aromatic N) is 2. The molecule has 0 spiro atoms. The van der Waals surface area contributed by atoms with Gasteiger partial charge >= 0.3 is 5.69 Å². The Balaban J connectivity index is 1.52. The van der Waals surface area contributed by atoms with Crippen molar-refractivity contribution < 1.29 is 14.3 Å². The molecular weight excluding hydrogens is 434 g/mol. The molecule has 0 fully saturated rings. The number of benzene rings is 3. The highest BCUT2D eigenvalue weighted by Crippen LogP contribution is 2.32. The lowest BCUT2D eigenvalue weighted by Gasteiger charge is -2.21. The van der Waals surface area contributed by atoms with Gasteiger partial charge in [-0.05, 0) is 35.4 Å². The fourth-order valence-electron chi connectivity index (χ4n) is 4.20. The third-order valence-corrected chi connectivity index (χ3v) is 6.00. The fourth-order valence-corrected chi connectivity index (χ4v) is 4.20. The minimum Gasteiger partial charge on any atom is -0.454 e. The third-order valence-electron chi connectivity index (χ3n) is 6.00. The molecule has 3 aromatic carbocycles. The lowest BCUT2D eigenvalue weighted by Crippen LogP contribution is -2.47. The molecule has 8 nitrogen and oxygen atoms in total. The van der Waals surface area contributed by atoms with E-state index in [4.69, 9.17) is 9.47 Å². The SMILES string of the molecule is Cn1c(=O)n(C(Cc2ccccc2)C(=O)NCc2ccc3c(c2)OCO3)c(=O)c2ccccc21. The van der Waals surface area contributed by atoms with Crippen molar-refractivity contribution >= 4 is 16.8 Å². The summed E-state index contributed by atoms with van der Waals surface area (Å²) < 4.78 is 13.2. The summed E-state index contributed by atoms with van der Waals surface area (Å²) >= 11 is 0. The summed E-state index contributed by atoms with van der Waals surface area (Å²) in [6.07, 6.45) is 0.196. The van der Waals surface area contributed by atoms with Crippen molar-refractivity contribution in [2.24, 2.45) is 7.05 Å². The number of para-hydroxylation sites is 1. The molecule has 1 aromatic heterocycles. The van der Waals surface area contributed by atoms with E-state index in [1.165, 1.54) is 4.57 Å². The van der Waals surface area contributed by atoms with Crippen LogP contribution in [0.3, 0.4) is 0 Å². The number of carbonyl (C=O) groups is 1. The Morgan fingerprint density at radius 1 is 0.941 bits per heavy atom. The maximum atomic E-state index is 13.4. The highest BCUT2D eigenvalue weighted by Gasteiger charge is 2.26. The standard InChI is InChI=1S/C26H23N3O5/c1-28-20-10-6-5-9-19(20)25(31)29(26(28)32)21(13-17-7-3-2-4-8-17)24(30)27-15-18-11-12-22-23(14-18)34-16-33-22/h2-12,14,21H,13,15-16H2,1H3,(H,27,30). The summed E-state index contributed by atoms with van der Waals surface area (Å²) in [5.74, 6) is 0.853. The molecule has 8 heteroatoms. The van der Waals surface area contributed by atoms with Gasteiger partial charge in [0.05, 0.1) is 10.9 Å². The fraction of sp³-hybridized carbons (Fsp3) is 0.192. The van der Waals surface area contributed by atoms with Crippen molar-refractivity contribution in [3.63, 3.8) is 0 Å². The number of aromatic nitrogens is 2. The average molecular weight is 457 g/mol. The second-order valence-electron chi connectivity index (χ2n) is 8.14. The van der Waals surface area contributed by atoms with Gasteiger partial charge in [0, 0.05) is 20.0 Å². The predicted molar refractivity (Wildman–Crippen MR) is 127 cm³/mol. The van der Waals surface area contributed by atoms with Crippen molar-refractivity contribution in [3.8, 4) is 11.5 Å². The largest absolute Gasteiger partial charge is 0.454 e. The Kier molecular flexibility index (Phi) is 5.63. The van der Waals surface area contributed by atoms with E-state index in [1.54, 1.807) is 43.4 Å². The summed E-state index contributed by atoms with van der Waals surface area (Å²) in [7, 11) is 1.60. The predicted octanol–water partition coefficient (Wildman–Crippen LogP) is 2.53. The van der Waals surface area contributed by atoms with Crippen LogP contribution < -0.4 is 26.0 Å². The van der Waals surface area contributed by atoms with Crippen LogP contribution >= 0.6 is 0 Å². The minimum atomic E-state index is -1.02. The van der Waals surface area contributed by atoms with Crippen LogP contribution in [0, 0.1) is 0 Å². The Morgan fingerprint density at radius 2 is 1.68 bits per heavy atom. The normalized spacial score (nSPS) is 13.1. The Hall–Kier alpha value is -4.33. The van der Waals surface area contributed by atoms with E-state index < -0.39 is 23.2 Å². The number of hydrogen-bond acceptors (Lipinski definition) is 5. The topological polar surface area (TPSA) is 91.6 Å². The van der Waals surface area contributed by atoms with Crippen molar-refractivity contribution in [1.29, 1.82) is 0 Å². The van der Waals surface area contributed by atoms with E-state index in [0.717, 1.165) is 15.7 Å². The zero-order valence-corrected chi connectivity index (χ0v) is 18.6. The van der Waals surface area contributed by atoms with Gasteiger partial charge in [-0.15, -0.1) is 0 Å². The van der Waals surface area contributed by atoms with Gasteiger partial charge in [0.15, 0.2) is 11.5 Å². The minimum absolute atomic E-state index is 0.165. The number of nitrogens with one attached hydrogen (secondary N) is 1. The van der Waals surface area contributed by atoms with Crippen molar-refractivity contribution in [2.45, 2.75) is 19.0 Å². The van der Waals surface area contributed by atoms with Crippen LogP contribution in [0.5, 0.6) is 11.5 Å².